The molecule has 5 rings (SSSR count). The predicted molar refractivity (Wildman–Crippen MR) is 121 cm³/mol. The van der Waals surface area contributed by atoms with Crippen molar-refractivity contribution in [2.45, 2.75) is 57.4 Å². The van der Waals surface area contributed by atoms with Gasteiger partial charge in [0.1, 0.15) is 5.76 Å². The Morgan fingerprint density at radius 2 is 1.74 bits per heavy atom. The third-order valence-electron chi connectivity index (χ3n) is 8.67. The van der Waals surface area contributed by atoms with Crippen LogP contribution in [0.1, 0.15) is 57.4 Å². The molecule has 182 valence electrons. The molecule has 1 unspecified atom stereocenters. The second kappa shape index (κ2) is 7.57. The Morgan fingerprint density at radius 1 is 1.03 bits per heavy atom. The monoisotopic (exact) mass is 492 g/mol. The molecule has 4 nitrogen and oxygen atoms in total. The van der Waals surface area contributed by atoms with Gasteiger partial charge in [0.15, 0.2) is 5.78 Å². The maximum absolute atomic E-state index is 13.0. The number of hydrogen-bond donors (Lipinski definition) is 0. The van der Waals surface area contributed by atoms with E-state index in [0.29, 0.717) is 12.8 Å². The molecule has 2 saturated carbocycles. The fourth-order valence-electron chi connectivity index (χ4n) is 6.89. The first-order valence-electron chi connectivity index (χ1n) is 11.6. The largest absolute Gasteiger partial charge is 0.534 e. The minimum Gasteiger partial charge on any atom is -0.380 e. The highest BCUT2D eigenvalue weighted by molar-refractivity contribution is 7.87. The molecule has 0 bridgehead atoms. The van der Waals surface area contributed by atoms with Crippen LogP contribution in [0.15, 0.2) is 65.5 Å². The first-order valence-corrected chi connectivity index (χ1v) is 13.0. The Hall–Kier alpha value is -2.35. The lowest BCUT2D eigenvalue weighted by molar-refractivity contribution is -0.116. The molecule has 1 aromatic rings. The molecular weight excluding hydrogens is 465 g/mol. The van der Waals surface area contributed by atoms with E-state index in [4.69, 9.17) is 0 Å². The Labute approximate surface area is 197 Å². The first kappa shape index (κ1) is 23.4. The number of hydrogen-bond acceptors (Lipinski definition) is 4. The van der Waals surface area contributed by atoms with E-state index in [0.717, 1.165) is 36.0 Å². The molecule has 0 heterocycles. The van der Waals surface area contributed by atoms with Crippen LogP contribution in [0.25, 0.3) is 0 Å². The smallest absolute Gasteiger partial charge is 0.380 e. The van der Waals surface area contributed by atoms with Gasteiger partial charge in [-0.1, -0.05) is 54.5 Å². The zero-order valence-electron chi connectivity index (χ0n) is 19.1. The number of allylic oxidation sites excluding steroid dienone is 5. The average molecular weight is 493 g/mol. The standard InChI is InChI=1S/C26H27F3O4S/c1-24-12-10-17(30)14-22(24)18(16-6-4-3-5-7-16)15-19-20-8-9-23(25(20,2)13-11-21(19)24)33-34(31,32)26(27,28)29/h3-9,14,18-19,21H,10-13,15H2,1-2H3/t18?,19-,21-,24+,25-/m0/s1. The summed E-state index contributed by atoms with van der Waals surface area (Å²) < 4.78 is 67.3. The summed E-state index contributed by atoms with van der Waals surface area (Å²) >= 11 is 0. The summed E-state index contributed by atoms with van der Waals surface area (Å²) in [4.78, 5) is 12.4. The van der Waals surface area contributed by atoms with Gasteiger partial charge in [0.25, 0.3) is 0 Å². The lowest BCUT2D eigenvalue weighted by Crippen LogP contribution is -2.49. The SMILES string of the molecule is C[C@]12CC[C@H]3[C@@H](CC(c4ccccc4)C4=CC(=O)CC[C@@]43C)C1=CC=C2OS(=O)(=O)C(F)(F)F. The van der Waals surface area contributed by atoms with Crippen LogP contribution >= 0.6 is 0 Å². The molecular formula is C26H27F3O4S. The summed E-state index contributed by atoms with van der Waals surface area (Å²) in [5.41, 5.74) is -3.38. The van der Waals surface area contributed by atoms with Gasteiger partial charge in [-0.05, 0) is 67.6 Å². The van der Waals surface area contributed by atoms with Gasteiger partial charge in [-0.15, -0.1) is 0 Å². The minimum absolute atomic E-state index is 0.0174. The van der Waals surface area contributed by atoms with E-state index in [9.17, 15) is 26.4 Å². The van der Waals surface area contributed by atoms with E-state index in [1.54, 1.807) is 13.0 Å². The predicted octanol–water partition coefficient (Wildman–Crippen LogP) is 6.19. The molecule has 0 saturated heterocycles. The molecule has 0 radical (unpaired) electrons. The van der Waals surface area contributed by atoms with Gasteiger partial charge in [0, 0.05) is 17.8 Å². The molecule has 0 spiro atoms. The van der Waals surface area contributed by atoms with Crippen molar-refractivity contribution in [3.63, 3.8) is 0 Å². The fraction of sp³-hybridized carbons (Fsp3) is 0.500. The van der Waals surface area contributed by atoms with Crippen LogP contribution in [0.4, 0.5) is 13.2 Å². The number of benzene rings is 1. The molecule has 0 N–H and O–H groups in total. The molecule has 4 aliphatic rings. The van der Waals surface area contributed by atoms with Crippen LogP contribution in [0.3, 0.4) is 0 Å². The fourth-order valence-corrected chi connectivity index (χ4v) is 7.47. The third-order valence-corrected chi connectivity index (χ3v) is 9.64. The maximum Gasteiger partial charge on any atom is 0.534 e. The highest BCUT2D eigenvalue weighted by Crippen LogP contribution is 2.66. The van der Waals surface area contributed by atoms with Crippen LogP contribution in [-0.4, -0.2) is 19.7 Å². The highest BCUT2D eigenvalue weighted by atomic mass is 32.2. The zero-order valence-corrected chi connectivity index (χ0v) is 19.9. The van der Waals surface area contributed by atoms with Crippen molar-refractivity contribution < 1.29 is 30.6 Å². The topological polar surface area (TPSA) is 60.4 Å². The normalized spacial score (nSPS) is 35.4. The maximum atomic E-state index is 13.0. The van der Waals surface area contributed by atoms with Gasteiger partial charge >= 0.3 is 15.6 Å². The van der Waals surface area contributed by atoms with Gasteiger partial charge < -0.3 is 4.18 Å². The van der Waals surface area contributed by atoms with Gasteiger partial charge in [0.2, 0.25) is 0 Å². The lowest BCUT2D eigenvalue weighted by Gasteiger charge is -2.57. The number of carbonyl (C=O) groups excluding carboxylic acids is 1. The molecule has 34 heavy (non-hydrogen) atoms. The molecule has 4 aliphatic carbocycles. The van der Waals surface area contributed by atoms with Crippen LogP contribution in [-0.2, 0) is 19.1 Å². The highest BCUT2D eigenvalue weighted by Gasteiger charge is 2.59. The van der Waals surface area contributed by atoms with Crippen molar-refractivity contribution in [1.29, 1.82) is 0 Å². The van der Waals surface area contributed by atoms with Crippen molar-refractivity contribution in [2.24, 2.45) is 22.7 Å². The molecule has 0 aromatic heterocycles. The quantitative estimate of drug-likeness (QED) is 0.373. The van der Waals surface area contributed by atoms with Gasteiger partial charge in [-0.2, -0.15) is 21.6 Å². The Kier molecular flexibility index (Phi) is 5.21. The number of fused-ring (bicyclic) bond motifs is 5. The van der Waals surface area contributed by atoms with Crippen molar-refractivity contribution >= 4 is 15.9 Å². The summed E-state index contributed by atoms with van der Waals surface area (Å²) in [5.74, 6) is 0.273. The summed E-state index contributed by atoms with van der Waals surface area (Å²) in [7, 11) is -5.74. The summed E-state index contributed by atoms with van der Waals surface area (Å²) in [5, 5.41) is 0. The molecule has 0 aliphatic heterocycles. The molecule has 8 heteroatoms. The summed E-state index contributed by atoms with van der Waals surface area (Å²) in [6.07, 6.45) is 8.15. The number of carbonyl (C=O) groups is 1. The van der Waals surface area contributed by atoms with Crippen molar-refractivity contribution in [1.82, 2.24) is 0 Å². The Bertz CT molecular complexity index is 1230. The molecule has 1 aromatic carbocycles. The number of rotatable bonds is 3. The molecule has 5 atom stereocenters. The van der Waals surface area contributed by atoms with E-state index in [2.05, 4.69) is 23.2 Å². The van der Waals surface area contributed by atoms with E-state index >= 15 is 0 Å². The summed E-state index contributed by atoms with van der Waals surface area (Å²) in [6, 6.07) is 10.00. The third kappa shape index (κ3) is 3.40. The number of ketones is 1. The van der Waals surface area contributed by atoms with Crippen LogP contribution < -0.4 is 0 Å². The van der Waals surface area contributed by atoms with E-state index in [1.165, 1.54) is 6.08 Å². The van der Waals surface area contributed by atoms with E-state index in [1.807, 2.05) is 24.3 Å². The number of halogens is 3. The van der Waals surface area contributed by atoms with E-state index in [-0.39, 0.29) is 34.7 Å². The molecule has 0 amide bonds. The minimum atomic E-state index is -5.74. The lowest BCUT2D eigenvalue weighted by atomic mass is 9.46. The van der Waals surface area contributed by atoms with Gasteiger partial charge in [-0.25, -0.2) is 0 Å². The average Bonchev–Trinajstić information content (AvgIpc) is 3.09. The van der Waals surface area contributed by atoms with Gasteiger partial charge in [-0.3, -0.25) is 4.79 Å². The summed E-state index contributed by atoms with van der Waals surface area (Å²) in [6.45, 7) is 4.00. The van der Waals surface area contributed by atoms with Crippen molar-refractivity contribution in [2.75, 3.05) is 0 Å². The second-order valence-electron chi connectivity index (χ2n) is 10.4. The van der Waals surface area contributed by atoms with Crippen LogP contribution in [0.5, 0.6) is 0 Å². The van der Waals surface area contributed by atoms with Crippen molar-refractivity contribution in [3.8, 4) is 0 Å². The second-order valence-corrected chi connectivity index (χ2v) is 11.9. The zero-order chi connectivity index (χ0) is 24.5. The molecule has 2 fully saturated rings. The number of alkyl halides is 3. The van der Waals surface area contributed by atoms with E-state index < -0.39 is 21.0 Å². The van der Waals surface area contributed by atoms with Crippen LogP contribution in [0, 0.1) is 22.7 Å². The Morgan fingerprint density at radius 3 is 2.41 bits per heavy atom. The Balaban J connectivity index is 1.53. The van der Waals surface area contributed by atoms with Gasteiger partial charge in [0.05, 0.1) is 0 Å². The van der Waals surface area contributed by atoms with Crippen molar-refractivity contribution in [3.05, 3.63) is 71.0 Å². The first-order chi connectivity index (χ1) is 15.9. The van der Waals surface area contributed by atoms with Crippen LogP contribution in [0.2, 0.25) is 0 Å².